The topological polar surface area (TPSA) is 90.7 Å². The van der Waals surface area contributed by atoms with Gasteiger partial charge in [0.15, 0.2) is 5.65 Å². The van der Waals surface area contributed by atoms with E-state index < -0.39 is 0 Å². The van der Waals surface area contributed by atoms with Gasteiger partial charge in [-0.15, -0.1) is 0 Å². The monoisotopic (exact) mass is 478 g/mol. The number of rotatable bonds is 5. The van der Waals surface area contributed by atoms with Gasteiger partial charge in [0.1, 0.15) is 11.9 Å². The molecule has 0 aliphatic carbocycles. The second-order valence-corrected chi connectivity index (χ2v) is 9.95. The van der Waals surface area contributed by atoms with E-state index in [-0.39, 0.29) is 11.8 Å². The summed E-state index contributed by atoms with van der Waals surface area (Å²) < 4.78 is 2.19. The molecule has 1 amide bonds. The molecule has 2 aromatic heterocycles. The average molecular weight is 479 g/mol. The first-order chi connectivity index (χ1) is 17.6. The van der Waals surface area contributed by atoms with Gasteiger partial charge in [-0.25, -0.2) is 4.98 Å². The molecule has 182 valence electrons. The number of aromatic nitrogens is 2. The van der Waals surface area contributed by atoms with Crippen molar-refractivity contribution in [1.82, 2.24) is 14.3 Å². The Kier molecular flexibility index (Phi) is 5.82. The minimum atomic E-state index is -0.207. The Labute approximate surface area is 210 Å². The van der Waals surface area contributed by atoms with E-state index in [2.05, 4.69) is 56.7 Å². The third-order valence-electron chi connectivity index (χ3n) is 7.86. The summed E-state index contributed by atoms with van der Waals surface area (Å²) >= 11 is 0. The fraction of sp³-hybridized carbons (Fsp3) is 0.345. The molecule has 1 saturated heterocycles. The van der Waals surface area contributed by atoms with E-state index in [9.17, 15) is 10.1 Å². The standard InChI is InChI=1S/C29H30N6O/c30-18-23-22-13-15-33(14-10-20-6-2-1-3-7-20)19-24(22)29(34-16-11-21(12-17-34)27(31)36)35-26-9-5-4-8-25(26)32-28(23)35/h1-9,21H,10-17,19H2,(H2,31,36). The number of nitrogens with zero attached hydrogens (tertiary/aromatic N) is 5. The summed E-state index contributed by atoms with van der Waals surface area (Å²) in [6.45, 7) is 4.21. The van der Waals surface area contributed by atoms with Crippen LogP contribution in [-0.2, 0) is 24.2 Å². The van der Waals surface area contributed by atoms with Crippen molar-refractivity contribution in [3.05, 3.63) is 76.9 Å². The Hall–Kier alpha value is -3.89. The highest BCUT2D eigenvalue weighted by atomic mass is 16.1. The van der Waals surface area contributed by atoms with Gasteiger partial charge in [0, 0.05) is 44.2 Å². The molecule has 7 nitrogen and oxygen atoms in total. The molecule has 2 aliphatic heterocycles. The zero-order valence-corrected chi connectivity index (χ0v) is 20.4. The molecule has 2 N–H and O–H groups in total. The van der Waals surface area contributed by atoms with Crippen LogP contribution in [0, 0.1) is 17.2 Å². The lowest BCUT2D eigenvalue weighted by molar-refractivity contribution is -0.122. The number of para-hydroxylation sites is 2. The number of benzene rings is 2. The van der Waals surface area contributed by atoms with Gasteiger partial charge in [-0.1, -0.05) is 42.5 Å². The maximum atomic E-state index is 11.8. The molecule has 7 heteroatoms. The van der Waals surface area contributed by atoms with Crippen LogP contribution in [0.3, 0.4) is 0 Å². The number of imidazole rings is 1. The number of hydrogen-bond acceptors (Lipinski definition) is 5. The first kappa shape index (κ1) is 22.6. The van der Waals surface area contributed by atoms with E-state index in [4.69, 9.17) is 10.7 Å². The number of carbonyl (C=O) groups is 1. The number of fused-ring (bicyclic) bond motifs is 4. The summed E-state index contributed by atoms with van der Waals surface area (Å²) in [5, 5.41) is 10.2. The van der Waals surface area contributed by atoms with Crippen molar-refractivity contribution in [1.29, 1.82) is 5.26 Å². The summed E-state index contributed by atoms with van der Waals surface area (Å²) in [4.78, 5) is 21.6. The largest absolute Gasteiger partial charge is 0.369 e. The van der Waals surface area contributed by atoms with Crippen LogP contribution in [0.25, 0.3) is 16.7 Å². The van der Waals surface area contributed by atoms with Crippen molar-refractivity contribution in [2.24, 2.45) is 11.7 Å². The van der Waals surface area contributed by atoms with E-state index in [1.165, 1.54) is 11.1 Å². The third-order valence-corrected chi connectivity index (χ3v) is 7.86. The zero-order valence-electron chi connectivity index (χ0n) is 20.4. The van der Waals surface area contributed by atoms with E-state index in [1.54, 1.807) is 0 Å². The van der Waals surface area contributed by atoms with Crippen molar-refractivity contribution in [2.75, 3.05) is 31.1 Å². The van der Waals surface area contributed by atoms with Crippen LogP contribution in [0.4, 0.5) is 5.82 Å². The van der Waals surface area contributed by atoms with Crippen molar-refractivity contribution >= 4 is 28.4 Å². The lowest BCUT2D eigenvalue weighted by Gasteiger charge is -2.38. The summed E-state index contributed by atoms with van der Waals surface area (Å²) in [6.07, 6.45) is 3.32. The van der Waals surface area contributed by atoms with Crippen LogP contribution >= 0.6 is 0 Å². The average Bonchev–Trinajstić information content (AvgIpc) is 3.30. The van der Waals surface area contributed by atoms with Gasteiger partial charge in [0.2, 0.25) is 5.91 Å². The molecule has 4 aromatic rings. The number of pyridine rings is 1. The molecule has 0 unspecified atom stereocenters. The SMILES string of the molecule is N#Cc1c2c(c(N3CCC(C(N)=O)CC3)n3c1nc1ccccc13)CN(CCc1ccccc1)CC2. The third kappa shape index (κ3) is 3.88. The van der Waals surface area contributed by atoms with Gasteiger partial charge in [-0.3, -0.25) is 14.1 Å². The molecule has 2 aliphatic rings. The van der Waals surface area contributed by atoms with Crippen LogP contribution in [0.15, 0.2) is 54.6 Å². The molecular formula is C29H30N6O. The Bertz CT molecular complexity index is 1480. The Balaban J connectivity index is 1.45. The van der Waals surface area contributed by atoms with Crippen LogP contribution < -0.4 is 10.6 Å². The van der Waals surface area contributed by atoms with Gasteiger partial charge < -0.3 is 10.6 Å². The minimum absolute atomic E-state index is 0.0761. The molecule has 36 heavy (non-hydrogen) atoms. The van der Waals surface area contributed by atoms with Gasteiger partial charge >= 0.3 is 0 Å². The van der Waals surface area contributed by atoms with E-state index in [0.717, 1.165) is 86.5 Å². The number of carbonyl (C=O) groups excluding carboxylic acids is 1. The van der Waals surface area contributed by atoms with Crippen LogP contribution in [0.1, 0.15) is 35.1 Å². The zero-order chi connectivity index (χ0) is 24.6. The molecule has 4 heterocycles. The summed E-state index contributed by atoms with van der Waals surface area (Å²) in [7, 11) is 0. The summed E-state index contributed by atoms with van der Waals surface area (Å²) in [5.74, 6) is 0.842. The van der Waals surface area contributed by atoms with E-state index >= 15 is 0 Å². The molecular weight excluding hydrogens is 448 g/mol. The number of hydrogen-bond donors (Lipinski definition) is 1. The second-order valence-electron chi connectivity index (χ2n) is 9.95. The lowest BCUT2D eigenvalue weighted by atomic mass is 9.92. The Morgan fingerprint density at radius 1 is 1.03 bits per heavy atom. The van der Waals surface area contributed by atoms with E-state index in [1.807, 2.05) is 18.2 Å². The van der Waals surface area contributed by atoms with Crippen molar-refractivity contribution in [3.8, 4) is 6.07 Å². The highest BCUT2D eigenvalue weighted by Gasteiger charge is 2.32. The van der Waals surface area contributed by atoms with Crippen LogP contribution in [0.5, 0.6) is 0 Å². The Morgan fingerprint density at radius 2 is 1.78 bits per heavy atom. The Morgan fingerprint density at radius 3 is 2.53 bits per heavy atom. The second kappa shape index (κ2) is 9.29. The predicted octanol–water partition coefficient (Wildman–Crippen LogP) is 3.66. The maximum Gasteiger partial charge on any atom is 0.220 e. The molecule has 0 saturated carbocycles. The van der Waals surface area contributed by atoms with Gasteiger partial charge in [-0.2, -0.15) is 5.26 Å². The van der Waals surface area contributed by atoms with Crippen molar-refractivity contribution < 1.29 is 4.79 Å². The first-order valence-electron chi connectivity index (χ1n) is 12.8. The molecule has 0 spiro atoms. The smallest absolute Gasteiger partial charge is 0.220 e. The predicted molar refractivity (Wildman–Crippen MR) is 141 cm³/mol. The lowest BCUT2D eigenvalue weighted by Crippen LogP contribution is -2.41. The molecule has 1 fully saturated rings. The van der Waals surface area contributed by atoms with Crippen LogP contribution in [-0.4, -0.2) is 46.4 Å². The molecule has 0 radical (unpaired) electrons. The normalized spacial score (nSPS) is 16.8. The number of primary amides is 1. The van der Waals surface area contributed by atoms with Gasteiger partial charge in [0.25, 0.3) is 0 Å². The highest BCUT2D eigenvalue weighted by Crippen LogP contribution is 2.38. The molecule has 2 aromatic carbocycles. The highest BCUT2D eigenvalue weighted by molar-refractivity contribution is 5.86. The number of amides is 1. The summed E-state index contributed by atoms with van der Waals surface area (Å²) in [6, 6.07) is 21.2. The minimum Gasteiger partial charge on any atom is -0.369 e. The number of nitriles is 1. The van der Waals surface area contributed by atoms with Crippen molar-refractivity contribution in [2.45, 2.75) is 32.2 Å². The summed E-state index contributed by atoms with van der Waals surface area (Å²) in [5.41, 5.74) is 12.7. The van der Waals surface area contributed by atoms with Gasteiger partial charge in [0.05, 0.1) is 16.6 Å². The molecule has 0 atom stereocenters. The first-order valence-corrected chi connectivity index (χ1v) is 12.8. The number of piperidine rings is 1. The quantitative estimate of drug-likeness (QED) is 0.473. The maximum absolute atomic E-state index is 11.8. The molecule has 6 rings (SSSR count). The fourth-order valence-corrected chi connectivity index (χ4v) is 5.93. The van der Waals surface area contributed by atoms with Crippen molar-refractivity contribution in [3.63, 3.8) is 0 Å². The molecule has 0 bridgehead atoms. The number of nitrogens with two attached hydrogens (primary N) is 1. The number of anilines is 1. The van der Waals surface area contributed by atoms with Gasteiger partial charge in [-0.05, 0) is 48.9 Å². The fourth-order valence-electron chi connectivity index (χ4n) is 5.93. The van der Waals surface area contributed by atoms with E-state index in [0.29, 0.717) is 5.56 Å². The van der Waals surface area contributed by atoms with Crippen LogP contribution in [0.2, 0.25) is 0 Å².